The molecule has 0 aliphatic rings. The van der Waals surface area contributed by atoms with Gasteiger partial charge in [0.25, 0.3) is 0 Å². The number of hydrogen-bond acceptors (Lipinski definition) is 6. The maximum Gasteiger partial charge on any atom is 0.310 e. The van der Waals surface area contributed by atoms with Crippen molar-refractivity contribution in [3.05, 3.63) is 44.4 Å². The highest BCUT2D eigenvalue weighted by Gasteiger charge is 2.15. The fourth-order valence-electron chi connectivity index (χ4n) is 1.16. The summed E-state index contributed by atoms with van der Waals surface area (Å²) in [6.45, 7) is 0.0557. The number of rotatable bonds is 4. The van der Waals surface area contributed by atoms with Crippen molar-refractivity contribution in [1.82, 2.24) is 9.59 Å². The molecule has 2 rings (SSSR count). The van der Waals surface area contributed by atoms with Crippen LogP contribution in [0.1, 0.15) is 5.69 Å². The molecular formula is C9H6ClN3O3S. The molecule has 0 unspecified atom stereocenters. The fourth-order valence-corrected chi connectivity index (χ4v) is 1.76. The number of ether oxygens (including phenoxy) is 1. The van der Waals surface area contributed by atoms with Crippen LogP contribution in [0.4, 0.5) is 5.69 Å². The van der Waals surface area contributed by atoms with Crippen molar-refractivity contribution < 1.29 is 9.66 Å². The molecule has 0 aliphatic carbocycles. The zero-order chi connectivity index (χ0) is 12.3. The van der Waals surface area contributed by atoms with E-state index in [9.17, 15) is 10.1 Å². The lowest BCUT2D eigenvalue weighted by Gasteiger charge is -2.04. The maximum absolute atomic E-state index is 10.7. The number of nitro groups is 1. The minimum atomic E-state index is -0.504. The zero-order valence-electron chi connectivity index (χ0n) is 8.37. The van der Waals surface area contributed by atoms with Gasteiger partial charge in [-0.3, -0.25) is 10.1 Å². The quantitative estimate of drug-likeness (QED) is 0.631. The molecule has 1 aromatic heterocycles. The average molecular weight is 272 g/mol. The van der Waals surface area contributed by atoms with Gasteiger partial charge in [0.15, 0.2) is 5.75 Å². The molecular weight excluding hydrogens is 266 g/mol. The Hall–Kier alpha value is -1.73. The number of para-hydroxylation sites is 2. The highest BCUT2D eigenvalue weighted by molar-refractivity contribution is 7.10. The van der Waals surface area contributed by atoms with Gasteiger partial charge >= 0.3 is 5.69 Å². The largest absolute Gasteiger partial charge is 0.480 e. The molecule has 0 spiro atoms. The predicted molar refractivity (Wildman–Crippen MR) is 62.3 cm³/mol. The van der Waals surface area contributed by atoms with Crippen molar-refractivity contribution in [2.24, 2.45) is 0 Å². The van der Waals surface area contributed by atoms with Gasteiger partial charge in [-0.15, -0.1) is 5.10 Å². The number of nitro benzene ring substituents is 1. The Labute approximate surface area is 105 Å². The van der Waals surface area contributed by atoms with Crippen LogP contribution in [0.2, 0.25) is 4.34 Å². The molecule has 0 aliphatic heterocycles. The third kappa shape index (κ3) is 2.69. The standard InChI is InChI=1S/C9H6ClN3O3S/c10-9-6(11-12-17-9)5-16-8-4-2-1-3-7(8)13(14)15/h1-4H,5H2. The second kappa shape index (κ2) is 5.07. The number of nitrogens with zero attached hydrogens (tertiary/aromatic N) is 3. The summed E-state index contributed by atoms with van der Waals surface area (Å²) in [7, 11) is 0. The number of halogens is 1. The van der Waals surface area contributed by atoms with Crippen LogP contribution < -0.4 is 4.74 Å². The first-order valence-corrected chi connectivity index (χ1v) is 5.66. The van der Waals surface area contributed by atoms with Crippen molar-refractivity contribution in [1.29, 1.82) is 0 Å². The van der Waals surface area contributed by atoms with Crippen LogP contribution in [0.25, 0.3) is 0 Å². The van der Waals surface area contributed by atoms with Crippen LogP contribution >= 0.6 is 23.1 Å². The Bertz CT molecular complexity index is 546. The summed E-state index contributed by atoms with van der Waals surface area (Å²) in [5, 5.41) is 14.5. The van der Waals surface area contributed by atoms with Crippen molar-refractivity contribution in [2.45, 2.75) is 6.61 Å². The van der Waals surface area contributed by atoms with Gasteiger partial charge in [-0.2, -0.15) is 0 Å². The van der Waals surface area contributed by atoms with Crippen molar-refractivity contribution in [2.75, 3.05) is 0 Å². The molecule has 0 saturated heterocycles. The lowest BCUT2D eigenvalue weighted by molar-refractivity contribution is -0.385. The summed E-state index contributed by atoms with van der Waals surface area (Å²) in [4.78, 5) is 10.2. The molecule has 0 amide bonds. The molecule has 6 nitrogen and oxygen atoms in total. The maximum atomic E-state index is 10.7. The third-order valence-corrected chi connectivity index (χ3v) is 2.92. The summed E-state index contributed by atoms with van der Waals surface area (Å²) < 4.78 is 9.36. The van der Waals surface area contributed by atoms with Gasteiger partial charge in [0.1, 0.15) is 16.6 Å². The Morgan fingerprint density at radius 1 is 1.47 bits per heavy atom. The first-order chi connectivity index (χ1) is 8.18. The fraction of sp³-hybridized carbons (Fsp3) is 0.111. The summed E-state index contributed by atoms with van der Waals surface area (Å²) in [6, 6.07) is 6.12. The van der Waals surface area contributed by atoms with E-state index in [4.69, 9.17) is 16.3 Å². The van der Waals surface area contributed by atoms with E-state index in [-0.39, 0.29) is 18.0 Å². The van der Waals surface area contributed by atoms with E-state index in [2.05, 4.69) is 9.59 Å². The second-order valence-electron chi connectivity index (χ2n) is 3.01. The van der Waals surface area contributed by atoms with E-state index in [0.29, 0.717) is 10.0 Å². The highest BCUT2D eigenvalue weighted by atomic mass is 35.5. The molecule has 0 radical (unpaired) electrons. The van der Waals surface area contributed by atoms with Crippen molar-refractivity contribution >= 4 is 28.8 Å². The van der Waals surface area contributed by atoms with Gasteiger partial charge in [0.2, 0.25) is 0 Å². The Kier molecular flexibility index (Phi) is 3.50. The SMILES string of the molecule is O=[N+]([O-])c1ccccc1OCc1nnsc1Cl. The van der Waals surface area contributed by atoms with Crippen molar-refractivity contribution in [3.8, 4) is 5.75 Å². The molecule has 1 aromatic carbocycles. The monoisotopic (exact) mass is 271 g/mol. The number of aromatic nitrogens is 2. The van der Waals surface area contributed by atoms with Gasteiger partial charge in [0.05, 0.1) is 4.92 Å². The molecule has 0 saturated carbocycles. The Balaban J connectivity index is 2.14. The van der Waals surface area contributed by atoms with Gasteiger partial charge in [-0.25, -0.2) is 0 Å². The van der Waals surface area contributed by atoms with Gasteiger partial charge < -0.3 is 4.74 Å². The van der Waals surface area contributed by atoms with E-state index < -0.39 is 4.92 Å². The normalized spacial score (nSPS) is 10.2. The summed E-state index contributed by atoms with van der Waals surface area (Å²) in [6.07, 6.45) is 0. The van der Waals surface area contributed by atoms with Gasteiger partial charge in [-0.05, 0) is 6.07 Å². The van der Waals surface area contributed by atoms with Crippen LogP contribution in [0.5, 0.6) is 5.75 Å². The first kappa shape index (κ1) is 11.7. The Morgan fingerprint density at radius 2 is 2.24 bits per heavy atom. The van der Waals surface area contributed by atoms with Gasteiger partial charge in [0, 0.05) is 17.6 Å². The van der Waals surface area contributed by atoms with E-state index >= 15 is 0 Å². The molecule has 8 heteroatoms. The van der Waals surface area contributed by atoms with E-state index in [1.54, 1.807) is 12.1 Å². The molecule has 2 aromatic rings. The van der Waals surface area contributed by atoms with Crippen LogP contribution in [-0.4, -0.2) is 14.5 Å². The molecule has 0 atom stereocenters. The lowest BCUT2D eigenvalue weighted by Crippen LogP contribution is -1.99. The number of benzene rings is 1. The average Bonchev–Trinajstić information content (AvgIpc) is 2.72. The van der Waals surface area contributed by atoms with Crippen LogP contribution in [0.3, 0.4) is 0 Å². The summed E-state index contributed by atoms with van der Waals surface area (Å²) >= 11 is 6.83. The molecule has 88 valence electrons. The van der Waals surface area contributed by atoms with Crippen LogP contribution in [0.15, 0.2) is 24.3 Å². The van der Waals surface area contributed by atoms with E-state index in [1.165, 1.54) is 12.1 Å². The molecule has 0 fully saturated rings. The smallest absolute Gasteiger partial charge is 0.310 e. The second-order valence-corrected chi connectivity index (χ2v) is 4.36. The minimum absolute atomic E-state index is 0.0557. The highest BCUT2D eigenvalue weighted by Crippen LogP contribution is 2.27. The predicted octanol–water partition coefficient (Wildman–Crippen LogP) is 2.68. The third-order valence-electron chi connectivity index (χ3n) is 1.94. The molecule has 17 heavy (non-hydrogen) atoms. The van der Waals surface area contributed by atoms with E-state index in [1.807, 2.05) is 0 Å². The van der Waals surface area contributed by atoms with Crippen LogP contribution in [0, 0.1) is 10.1 Å². The zero-order valence-corrected chi connectivity index (χ0v) is 9.94. The van der Waals surface area contributed by atoms with Crippen molar-refractivity contribution in [3.63, 3.8) is 0 Å². The Morgan fingerprint density at radius 3 is 2.88 bits per heavy atom. The van der Waals surface area contributed by atoms with E-state index in [0.717, 1.165) is 11.5 Å². The molecule has 1 heterocycles. The molecule has 0 bridgehead atoms. The molecule has 0 N–H and O–H groups in total. The first-order valence-electron chi connectivity index (χ1n) is 4.51. The summed E-state index contributed by atoms with van der Waals surface area (Å²) in [5.74, 6) is 0.182. The summed E-state index contributed by atoms with van der Waals surface area (Å²) in [5.41, 5.74) is 0.377. The van der Waals surface area contributed by atoms with Crippen LogP contribution in [-0.2, 0) is 6.61 Å². The lowest BCUT2D eigenvalue weighted by atomic mass is 10.3. The number of hydrogen-bond donors (Lipinski definition) is 0. The van der Waals surface area contributed by atoms with Gasteiger partial charge in [-0.1, -0.05) is 28.2 Å². The topological polar surface area (TPSA) is 78.2 Å². The minimum Gasteiger partial charge on any atom is -0.480 e.